The summed E-state index contributed by atoms with van der Waals surface area (Å²) in [5.41, 5.74) is -2.19. The molecule has 0 fully saturated rings. The first-order valence-electron chi connectivity index (χ1n) is 22.9. The van der Waals surface area contributed by atoms with Crippen molar-refractivity contribution in [1.29, 1.82) is 0 Å². The highest BCUT2D eigenvalue weighted by molar-refractivity contribution is 7.25. The van der Waals surface area contributed by atoms with Gasteiger partial charge in [0.25, 0.3) is 0 Å². The number of furan rings is 1. The molecule has 0 aliphatic carbocycles. The van der Waals surface area contributed by atoms with Crippen LogP contribution in [0, 0.1) is 0 Å². The lowest BCUT2D eigenvalue weighted by Gasteiger charge is -2.08. The van der Waals surface area contributed by atoms with Crippen molar-refractivity contribution >= 4 is 53.4 Å². The molecule has 0 N–H and O–H groups in total. The molecule has 0 spiro atoms. The van der Waals surface area contributed by atoms with Gasteiger partial charge in [-0.15, -0.1) is 11.3 Å². The molecule has 0 unspecified atom stereocenters. The zero-order valence-corrected chi connectivity index (χ0v) is 26.4. The highest BCUT2D eigenvalue weighted by Crippen LogP contribution is 2.39. The minimum absolute atomic E-state index is 0.154. The molecule has 0 saturated heterocycles. The van der Waals surface area contributed by atoms with Crippen molar-refractivity contribution in [2.24, 2.45) is 0 Å². The van der Waals surface area contributed by atoms with Crippen LogP contribution in [-0.4, -0.2) is 15.0 Å². The van der Waals surface area contributed by atoms with Gasteiger partial charge in [-0.05, 0) is 59.1 Å². The van der Waals surface area contributed by atoms with Crippen LogP contribution in [0.5, 0.6) is 0 Å². The van der Waals surface area contributed by atoms with Crippen LogP contribution in [0.3, 0.4) is 0 Å². The van der Waals surface area contributed by atoms with Gasteiger partial charge in [-0.2, -0.15) is 0 Å². The number of para-hydroxylation sites is 1. The standard InChI is InChI=1S/C45H27N3OS/c1-3-11-28(12-4-1)30-15-9-16-31(25-30)34-18-10-19-37-35-23-21-33(27-39(35)49-42(34)37)45-47-43(29-13-5-2-6-14-29)46-44(48-45)32-22-24-41-38(26-32)36-17-7-8-20-40(36)50-41/h1-27H/i1D,3D,4D,9D,10D,11D,12D,15D,16D,18D,19D,21D,23D,25D,27D. The van der Waals surface area contributed by atoms with Crippen molar-refractivity contribution in [2.45, 2.75) is 0 Å². The predicted octanol–water partition coefficient (Wildman–Crippen LogP) is 12.5. The molecule has 50 heavy (non-hydrogen) atoms. The summed E-state index contributed by atoms with van der Waals surface area (Å²) in [7, 11) is 0. The smallest absolute Gasteiger partial charge is 0.164 e. The lowest BCUT2D eigenvalue weighted by atomic mass is 9.97. The Hall–Kier alpha value is -6.43. The summed E-state index contributed by atoms with van der Waals surface area (Å²) >= 11 is 1.64. The number of benzene rings is 7. The van der Waals surface area contributed by atoms with Crippen LogP contribution in [0.25, 0.3) is 98.5 Å². The Kier molecular flexibility index (Phi) is 4.02. The van der Waals surface area contributed by atoms with Crippen LogP contribution in [0.1, 0.15) is 20.6 Å². The second-order valence-corrected chi connectivity index (χ2v) is 12.3. The third-order valence-corrected chi connectivity index (χ3v) is 9.36. The zero-order valence-electron chi connectivity index (χ0n) is 40.6. The molecule has 4 nitrogen and oxygen atoms in total. The predicted molar refractivity (Wildman–Crippen MR) is 207 cm³/mol. The molecule has 0 aliphatic heterocycles. The Labute approximate surface area is 313 Å². The maximum Gasteiger partial charge on any atom is 0.164 e. The van der Waals surface area contributed by atoms with E-state index in [2.05, 4.69) is 0 Å². The Balaban J connectivity index is 1.26. The van der Waals surface area contributed by atoms with Gasteiger partial charge in [0.05, 0.1) is 20.6 Å². The average molecular weight is 673 g/mol. The van der Waals surface area contributed by atoms with Crippen molar-refractivity contribution in [3.05, 3.63) is 163 Å². The van der Waals surface area contributed by atoms with E-state index in [0.29, 0.717) is 11.1 Å². The van der Waals surface area contributed by atoms with Crippen LogP contribution >= 0.6 is 11.3 Å². The Morgan fingerprint density at radius 3 is 2.06 bits per heavy atom. The largest absolute Gasteiger partial charge is 0.455 e. The van der Waals surface area contributed by atoms with Gasteiger partial charge in [0.15, 0.2) is 17.5 Å². The van der Waals surface area contributed by atoms with E-state index in [4.69, 9.17) is 34.4 Å². The molecule has 0 radical (unpaired) electrons. The second-order valence-electron chi connectivity index (χ2n) is 11.2. The van der Waals surface area contributed by atoms with Gasteiger partial charge in [0.2, 0.25) is 0 Å². The van der Waals surface area contributed by atoms with Gasteiger partial charge in [-0.3, -0.25) is 0 Å². The summed E-state index contributed by atoms with van der Waals surface area (Å²) in [5, 5.41) is 1.44. The van der Waals surface area contributed by atoms with Crippen molar-refractivity contribution in [1.82, 2.24) is 15.0 Å². The molecule has 10 aromatic rings. The highest BCUT2D eigenvalue weighted by Gasteiger charge is 2.17. The van der Waals surface area contributed by atoms with E-state index >= 15 is 0 Å². The lowest BCUT2D eigenvalue weighted by molar-refractivity contribution is 0.670. The Morgan fingerprint density at radius 2 is 1.18 bits per heavy atom. The summed E-state index contributed by atoms with van der Waals surface area (Å²) in [6.07, 6.45) is 0. The number of thiophene rings is 1. The first kappa shape index (κ1) is 17.3. The van der Waals surface area contributed by atoms with Crippen LogP contribution < -0.4 is 0 Å². The fourth-order valence-corrected chi connectivity index (χ4v) is 6.96. The van der Waals surface area contributed by atoms with Crippen molar-refractivity contribution in [3.63, 3.8) is 0 Å². The van der Waals surface area contributed by atoms with Crippen LogP contribution in [0.4, 0.5) is 0 Å². The number of rotatable bonds is 5. The average Bonchev–Trinajstić information content (AvgIpc) is 3.90. The third kappa shape index (κ3) is 4.87. The molecule has 10 rings (SSSR count). The van der Waals surface area contributed by atoms with Gasteiger partial charge < -0.3 is 4.42 Å². The van der Waals surface area contributed by atoms with Gasteiger partial charge in [-0.1, -0.05) is 121 Å². The van der Waals surface area contributed by atoms with Gasteiger partial charge in [0.1, 0.15) is 11.2 Å². The van der Waals surface area contributed by atoms with Gasteiger partial charge in [0, 0.05) is 53.2 Å². The van der Waals surface area contributed by atoms with E-state index in [-0.39, 0.29) is 39.4 Å². The summed E-state index contributed by atoms with van der Waals surface area (Å²) in [4.78, 5) is 14.3. The molecule has 0 aliphatic rings. The van der Waals surface area contributed by atoms with E-state index < -0.39 is 118 Å². The van der Waals surface area contributed by atoms with E-state index in [1.54, 1.807) is 35.6 Å². The van der Waals surface area contributed by atoms with Crippen LogP contribution in [0.2, 0.25) is 0 Å². The quantitative estimate of drug-likeness (QED) is 0.183. The van der Waals surface area contributed by atoms with Crippen molar-refractivity contribution in [3.8, 4) is 56.4 Å². The van der Waals surface area contributed by atoms with E-state index in [0.717, 1.165) is 20.2 Å². The maximum atomic E-state index is 9.55. The number of fused-ring (bicyclic) bond motifs is 6. The van der Waals surface area contributed by atoms with Crippen LogP contribution in [-0.2, 0) is 0 Å². The van der Waals surface area contributed by atoms with Crippen LogP contribution in [0.15, 0.2) is 168 Å². The molecule has 0 bridgehead atoms. The Morgan fingerprint density at radius 1 is 0.460 bits per heavy atom. The molecular weight excluding hydrogens is 631 g/mol. The molecule has 234 valence electrons. The van der Waals surface area contributed by atoms with Gasteiger partial charge >= 0.3 is 0 Å². The normalized spacial score (nSPS) is 15.8. The number of aromatic nitrogens is 3. The molecule has 0 atom stereocenters. The third-order valence-electron chi connectivity index (χ3n) is 8.21. The minimum atomic E-state index is -0.841. The molecular formula is C45H27N3OS. The summed E-state index contributed by atoms with van der Waals surface area (Å²) in [6, 6.07) is 11.9. The molecule has 7 aromatic carbocycles. The summed E-state index contributed by atoms with van der Waals surface area (Å²) in [6.45, 7) is 0. The van der Waals surface area contributed by atoms with E-state index in [1.807, 2.05) is 48.5 Å². The van der Waals surface area contributed by atoms with Crippen molar-refractivity contribution in [2.75, 3.05) is 0 Å². The first-order valence-corrected chi connectivity index (χ1v) is 16.2. The zero-order chi connectivity index (χ0) is 46.1. The summed E-state index contributed by atoms with van der Waals surface area (Å²) < 4.78 is 141. The van der Waals surface area contributed by atoms with Crippen molar-refractivity contribution < 1.29 is 25.0 Å². The fourth-order valence-electron chi connectivity index (χ4n) is 5.87. The Bertz CT molecular complexity index is 3710. The van der Waals surface area contributed by atoms with Gasteiger partial charge in [-0.25, -0.2) is 15.0 Å². The number of hydrogen-bond acceptors (Lipinski definition) is 5. The van der Waals surface area contributed by atoms with E-state index in [9.17, 15) is 5.48 Å². The monoisotopic (exact) mass is 672 g/mol. The number of nitrogens with zero attached hydrogens (tertiary/aromatic N) is 3. The minimum Gasteiger partial charge on any atom is -0.455 e. The molecule has 3 aromatic heterocycles. The molecule has 5 heteroatoms. The maximum absolute atomic E-state index is 9.55. The topological polar surface area (TPSA) is 51.8 Å². The number of hydrogen-bond donors (Lipinski definition) is 0. The second kappa shape index (κ2) is 11.6. The fraction of sp³-hybridized carbons (Fsp3) is 0. The molecule has 0 saturated carbocycles. The molecule has 0 amide bonds. The summed E-state index contributed by atoms with van der Waals surface area (Å²) in [5.74, 6) is 0.257. The first-order chi connectivity index (χ1) is 31.0. The highest BCUT2D eigenvalue weighted by atomic mass is 32.1. The van der Waals surface area contributed by atoms with E-state index in [1.165, 1.54) is 0 Å². The molecule has 3 heterocycles. The lowest BCUT2D eigenvalue weighted by Crippen LogP contribution is -2.00. The SMILES string of the molecule is [2H]c1c([2H])c([2H])c(-c2c([2H])c([2H])c([2H])c(-c3c([2H])c([2H])c([2H])c4c3oc3c([2H])c(-c5nc(-c6ccccc6)nc(-c6ccc7sc8ccccc8c7c6)n5)c([2H])c([2H])c34)c2[2H])c([2H])c1[2H].